The van der Waals surface area contributed by atoms with Crippen LogP contribution in [-0.2, 0) is 13.5 Å². The van der Waals surface area contributed by atoms with Crippen molar-refractivity contribution in [1.82, 2.24) is 9.55 Å². The lowest BCUT2D eigenvalue weighted by Gasteiger charge is -1.91. The van der Waals surface area contributed by atoms with Crippen molar-refractivity contribution in [1.29, 1.82) is 5.26 Å². The fourth-order valence-electron chi connectivity index (χ4n) is 0.636. The summed E-state index contributed by atoms with van der Waals surface area (Å²) in [7, 11) is 1.87. The second kappa shape index (κ2) is 5.48. The van der Waals surface area contributed by atoms with Gasteiger partial charge in [-0.15, -0.1) is 0 Å². The molecule has 0 atom stereocenters. The van der Waals surface area contributed by atoms with Crippen LogP contribution in [0.3, 0.4) is 0 Å². The molecule has 0 N–H and O–H groups in total. The minimum absolute atomic E-state index is 0.441. The zero-order valence-electron chi connectivity index (χ0n) is 7.20. The maximum Gasteiger partial charge on any atom is 0.0945 e. The number of hydrogen-bond donors (Lipinski definition) is 0. The fourth-order valence-corrected chi connectivity index (χ4v) is 0.636. The number of nitriles is 1. The van der Waals surface area contributed by atoms with Crippen molar-refractivity contribution in [2.75, 3.05) is 0 Å². The van der Waals surface area contributed by atoms with E-state index in [1.54, 1.807) is 12.5 Å². The third-order valence-corrected chi connectivity index (χ3v) is 1.18. The van der Waals surface area contributed by atoms with Crippen LogP contribution in [0.5, 0.6) is 0 Å². The normalized spacial score (nSPS) is 7.82. The standard InChI is InChI=1S/C6H7N3.C2H6/c1-9-5-8-4-6(9)2-3-7;1-2/h4-5H,2H2,1H3;1-2H3. The summed E-state index contributed by atoms with van der Waals surface area (Å²) in [4.78, 5) is 3.85. The van der Waals surface area contributed by atoms with Crippen molar-refractivity contribution in [3.05, 3.63) is 18.2 Å². The Morgan fingerprint density at radius 2 is 2.27 bits per heavy atom. The molecular weight excluding hydrogens is 138 g/mol. The number of nitrogens with zero attached hydrogens (tertiary/aromatic N) is 3. The molecule has 3 nitrogen and oxygen atoms in total. The van der Waals surface area contributed by atoms with Gasteiger partial charge >= 0.3 is 0 Å². The van der Waals surface area contributed by atoms with E-state index in [1.165, 1.54) is 0 Å². The average molecular weight is 151 g/mol. The van der Waals surface area contributed by atoms with Crippen molar-refractivity contribution in [3.63, 3.8) is 0 Å². The minimum atomic E-state index is 0.441. The van der Waals surface area contributed by atoms with Crippen molar-refractivity contribution in [2.45, 2.75) is 20.3 Å². The van der Waals surface area contributed by atoms with E-state index in [-0.39, 0.29) is 0 Å². The molecule has 1 heterocycles. The van der Waals surface area contributed by atoms with Crippen molar-refractivity contribution in [3.8, 4) is 6.07 Å². The van der Waals surface area contributed by atoms with Gasteiger partial charge in [0.2, 0.25) is 0 Å². The molecule has 0 amide bonds. The van der Waals surface area contributed by atoms with Crippen molar-refractivity contribution in [2.24, 2.45) is 7.05 Å². The number of aryl methyl sites for hydroxylation is 1. The Labute approximate surface area is 67.3 Å². The molecule has 0 aliphatic rings. The van der Waals surface area contributed by atoms with Crippen LogP contribution in [0.4, 0.5) is 0 Å². The first-order chi connectivity index (χ1) is 5.34. The topological polar surface area (TPSA) is 41.6 Å². The van der Waals surface area contributed by atoms with E-state index in [9.17, 15) is 0 Å². The van der Waals surface area contributed by atoms with Crippen LogP contribution in [0, 0.1) is 11.3 Å². The Bertz CT molecular complexity index is 232. The molecule has 0 unspecified atom stereocenters. The lowest BCUT2D eigenvalue weighted by atomic mass is 10.4. The molecule has 3 heteroatoms. The molecule has 0 aliphatic carbocycles. The van der Waals surface area contributed by atoms with Crippen LogP contribution in [0.25, 0.3) is 0 Å². The Morgan fingerprint density at radius 1 is 1.64 bits per heavy atom. The first-order valence-electron chi connectivity index (χ1n) is 3.66. The van der Waals surface area contributed by atoms with E-state index in [2.05, 4.69) is 11.1 Å². The Balaban J connectivity index is 0.000000461. The summed E-state index contributed by atoms with van der Waals surface area (Å²) in [5.41, 5.74) is 0.956. The highest BCUT2D eigenvalue weighted by Gasteiger charge is 1.93. The summed E-state index contributed by atoms with van der Waals surface area (Å²) in [6.45, 7) is 4.00. The maximum atomic E-state index is 8.27. The largest absolute Gasteiger partial charge is 0.337 e. The zero-order valence-corrected chi connectivity index (χ0v) is 7.20. The van der Waals surface area contributed by atoms with Gasteiger partial charge in [0.15, 0.2) is 0 Å². The molecule has 60 valence electrons. The zero-order chi connectivity index (χ0) is 8.69. The highest BCUT2D eigenvalue weighted by molar-refractivity contribution is 5.03. The van der Waals surface area contributed by atoms with Gasteiger partial charge in [-0.25, -0.2) is 4.98 Å². The van der Waals surface area contributed by atoms with Gasteiger partial charge in [0.05, 0.1) is 24.5 Å². The highest BCUT2D eigenvalue weighted by atomic mass is 15.0. The van der Waals surface area contributed by atoms with E-state index in [1.807, 2.05) is 25.5 Å². The molecule has 0 saturated carbocycles. The fraction of sp³-hybridized carbons (Fsp3) is 0.500. The summed E-state index contributed by atoms with van der Waals surface area (Å²) < 4.78 is 1.84. The first kappa shape index (κ1) is 9.70. The first-order valence-corrected chi connectivity index (χ1v) is 3.66. The van der Waals surface area contributed by atoms with Gasteiger partial charge in [-0.05, 0) is 0 Å². The van der Waals surface area contributed by atoms with Crippen LogP contribution in [0.1, 0.15) is 19.5 Å². The predicted molar refractivity (Wildman–Crippen MR) is 43.9 cm³/mol. The second-order valence-corrected chi connectivity index (χ2v) is 1.83. The summed E-state index contributed by atoms with van der Waals surface area (Å²) in [5.74, 6) is 0. The average Bonchev–Trinajstić information content (AvgIpc) is 2.42. The molecule has 0 saturated heterocycles. The maximum absolute atomic E-state index is 8.27. The molecule has 0 fully saturated rings. The second-order valence-electron chi connectivity index (χ2n) is 1.83. The van der Waals surface area contributed by atoms with Gasteiger partial charge in [-0.1, -0.05) is 13.8 Å². The third-order valence-electron chi connectivity index (χ3n) is 1.18. The van der Waals surface area contributed by atoms with Crippen LogP contribution < -0.4 is 0 Å². The van der Waals surface area contributed by atoms with Crippen LogP contribution in [0.15, 0.2) is 12.5 Å². The van der Waals surface area contributed by atoms with Crippen molar-refractivity contribution >= 4 is 0 Å². The number of aromatic nitrogens is 2. The molecule has 1 rings (SSSR count). The van der Waals surface area contributed by atoms with Gasteiger partial charge in [-0.2, -0.15) is 5.26 Å². The summed E-state index contributed by atoms with van der Waals surface area (Å²) in [6.07, 6.45) is 3.83. The lowest BCUT2D eigenvalue weighted by Crippen LogP contribution is -1.91. The molecule has 0 spiro atoms. The number of imidazole rings is 1. The van der Waals surface area contributed by atoms with Crippen LogP contribution >= 0.6 is 0 Å². The summed E-state index contributed by atoms with van der Waals surface area (Å²) in [6, 6.07) is 2.05. The minimum Gasteiger partial charge on any atom is -0.337 e. The molecule has 1 aromatic rings. The SMILES string of the molecule is CC.Cn1cncc1CC#N. The molecule has 0 bridgehead atoms. The molecule has 0 radical (unpaired) electrons. The van der Waals surface area contributed by atoms with E-state index < -0.39 is 0 Å². The summed E-state index contributed by atoms with van der Waals surface area (Å²) >= 11 is 0. The molecule has 1 aromatic heterocycles. The Kier molecular flexibility index (Phi) is 4.83. The van der Waals surface area contributed by atoms with Gasteiger partial charge in [-0.3, -0.25) is 0 Å². The molecular formula is C8H13N3. The number of rotatable bonds is 1. The van der Waals surface area contributed by atoms with Crippen LogP contribution in [-0.4, -0.2) is 9.55 Å². The smallest absolute Gasteiger partial charge is 0.0945 e. The molecule has 0 aliphatic heterocycles. The van der Waals surface area contributed by atoms with Gasteiger partial charge in [0.25, 0.3) is 0 Å². The van der Waals surface area contributed by atoms with Crippen molar-refractivity contribution < 1.29 is 0 Å². The van der Waals surface area contributed by atoms with Crippen LogP contribution in [0.2, 0.25) is 0 Å². The van der Waals surface area contributed by atoms with E-state index in [0.29, 0.717) is 6.42 Å². The Morgan fingerprint density at radius 3 is 2.64 bits per heavy atom. The van der Waals surface area contributed by atoms with E-state index >= 15 is 0 Å². The lowest BCUT2D eigenvalue weighted by molar-refractivity contribution is 0.854. The monoisotopic (exact) mass is 151 g/mol. The predicted octanol–water partition coefficient (Wildman–Crippen LogP) is 1.51. The van der Waals surface area contributed by atoms with E-state index in [4.69, 9.17) is 5.26 Å². The molecule has 11 heavy (non-hydrogen) atoms. The summed E-state index contributed by atoms with van der Waals surface area (Å²) in [5, 5.41) is 8.27. The molecule has 0 aromatic carbocycles. The van der Waals surface area contributed by atoms with E-state index in [0.717, 1.165) is 5.69 Å². The third kappa shape index (κ3) is 2.85. The quantitative estimate of drug-likeness (QED) is 0.610. The Hall–Kier alpha value is -1.30. The van der Waals surface area contributed by atoms with Gasteiger partial charge in [0.1, 0.15) is 0 Å². The number of hydrogen-bond acceptors (Lipinski definition) is 2. The van der Waals surface area contributed by atoms with Gasteiger partial charge in [0, 0.05) is 13.2 Å². The highest BCUT2D eigenvalue weighted by Crippen LogP contribution is 1.94. The van der Waals surface area contributed by atoms with Gasteiger partial charge < -0.3 is 4.57 Å².